The Bertz CT molecular complexity index is 772. The lowest BCUT2D eigenvalue weighted by molar-refractivity contribution is 0.332. The van der Waals surface area contributed by atoms with Gasteiger partial charge in [-0.15, -0.1) is 24.0 Å². The second kappa shape index (κ2) is 11.9. The van der Waals surface area contributed by atoms with Crippen LogP contribution in [0.2, 0.25) is 0 Å². The summed E-state index contributed by atoms with van der Waals surface area (Å²) in [5, 5.41) is 3.09. The van der Waals surface area contributed by atoms with Crippen LogP contribution in [0.1, 0.15) is 19.4 Å². The van der Waals surface area contributed by atoms with Crippen molar-refractivity contribution >= 4 is 51.6 Å². The maximum atomic E-state index is 6.04. The fourth-order valence-electron chi connectivity index (χ4n) is 2.31. The van der Waals surface area contributed by atoms with E-state index >= 15 is 0 Å². The maximum Gasteiger partial charge on any atom is 0.193 e. The molecule has 0 atom stereocenters. The van der Waals surface area contributed by atoms with Crippen LogP contribution in [0, 0.1) is 0 Å². The number of nitrogens with two attached hydrogens (primary N) is 1. The van der Waals surface area contributed by atoms with Crippen LogP contribution in [0.4, 0.5) is 5.69 Å². The molecule has 27 heavy (non-hydrogen) atoms. The summed E-state index contributed by atoms with van der Waals surface area (Å²) in [6.07, 6.45) is 0. The number of nitrogens with zero attached hydrogens (tertiary/aromatic N) is 1. The molecule has 0 aliphatic heterocycles. The molecular formula is C19H25BrIN3O3. The Kier molecular flexibility index (Phi) is 10.3. The van der Waals surface area contributed by atoms with Crippen LogP contribution in [0.3, 0.4) is 0 Å². The summed E-state index contributed by atoms with van der Waals surface area (Å²) in [6.45, 7) is 5.45. The highest BCUT2D eigenvalue weighted by Gasteiger charge is 2.07. The standard InChI is InChI=1S/C19H24BrN3O3.HI/c1-4-25-14-7-9-18(26-5-2)16(11-14)23-19(21)22-12-13-6-8-17(24-3)15(20)10-13;/h6-11H,4-5,12H2,1-3H3,(H3,21,22,23);1H. The van der Waals surface area contributed by atoms with Crippen LogP contribution in [-0.2, 0) is 6.54 Å². The van der Waals surface area contributed by atoms with Gasteiger partial charge in [0.05, 0.1) is 37.0 Å². The number of methoxy groups -OCH3 is 1. The van der Waals surface area contributed by atoms with Crippen molar-refractivity contribution in [1.29, 1.82) is 0 Å². The van der Waals surface area contributed by atoms with Crippen LogP contribution >= 0.6 is 39.9 Å². The zero-order valence-electron chi connectivity index (χ0n) is 15.6. The molecule has 0 fully saturated rings. The van der Waals surface area contributed by atoms with E-state index in [1.165, 1.54) is 0 Å². The first-order valence-corrected chi connectivity index (χ1v) is 9.15. The van der Waals surface area contributed by atoms with Gasteiger partial charge < -0.3 is 25.3 Å². The molecular weight excluding hydrogens is 525 g/mol. The lowest BCUT2D eigenvalue weighted by atomic mass is 10.2. The van der Waals surface area contributed by atoms with Gasteiger partial charge in [0, 0.05) is 6.07 Å². The molecule has 8 heteroatoms. The Hall–Kier alpha value is -1.68. The van der Waals surface area contributed by atoms with Crippen molar-refractivity contribution in [3.63, 3.8) is 0 Å². The molecule has 148 valence electrons. The SMILES string of the molecule is CCOc1ccc(OCC)c(NC(N)=NCc2ccc(OC)c(Br)c2)c1.I. The van der Waals surface area contributed by atoms with Gasteiger partial charge in [0.25, 0.3) is 0 Å². The first kappa shape index (κ1) is 23.4. The van der Waals surface area contributed by atoms with Gasteiger partial charge in [0.2, 0.25) is 0 Å². The predicted octanol–water partition coefficient (Wildman–Crippen LogP) is 4.80. The van der Waals surface area contributed by atoms with Gasteiger partial charge in [0.15, 0.2) is 5.96 Å². The lowest BCUT2D eigenvalue weighted by Gasteiger charge is -2.14. The number of anilines is 1. The quantitative estimate of drug-likeness (QED) is 0.281. The number of halogens is 2. The summed E-state index contributed by atoms with van der Waals surface area (Å²) in [6, 6.07) is 11.4. The van der Waals surface area contributed by atoms with E-state index in [0.717, 1.165) is 27.2 Å². The average molecular weight is 550 g/mol. The Morgan fingerprint density at radius 1 is 1.07 bits per heavy atom. The zero-order valence-corrected chi connectivity index (χ0v) is 19.5. The fourth-order valence-corrected chi connectivity index (χ4v) is 2.89. The number of aliphatic imine (C=N–C) groups is 1. The van der Waals surface area contributed by atoms with Gasteiger partial charge in [-0.25, -0.2) is 4.99 Å². The minimum absolute atomic E-state index is 0. The molecule has 0 saturated carbocycles. The third kappa shape index (κ3) is 7.10. The highest BCUT2D eigenvalue weighted by atomic mass is 127. The van der Waals surface area contributed by atoms with E-state index in [0.29, 0.717) is 31.5 Å². The highest BCUT2D eigenvalue weighted by molar-refractivity contribution is 14.0. The van der Waals surface area contributed by atoms with E-state index < -0.39 is 0 Å². The van der Waals surface area contributed by atoms with Gasteiger partial charge >= 0.3 is 0 Å². The van der Waals surface area contributed by atoms with Crippen molar-refractivity contribution in [3.8, 4) is 17.2 Å². The fraction of sp³-hybridized carbons (Fsp3) is 0.316. The van der Waals surface area contributed by atoms with Crippen LogP contribution in [0.5, 0.6) is 17.2 Å². The first-order chi connectivity index (χ1) is 12.6. The van der Waals surface area contributed by atoms with E-state index in [1.807, 2.05) is 50.2 Å². The maximum absolute atomic E-state index is 6.04. The molecule has 0 aromatic heterocycles. The number of hydrogen-bond acceptors (Lipinski definition) is 4. The number of guanidine groups is 1. The largest absolute Gasteiger partial charge is 0.496 e. The topological polar surface area (TPSA) is 78.1 Å². The summed E-state index contributed by atoms with van der Waals surface area (Å²) in [4.78, 5) is 4.39. The second-order valence-electron chi connectivity index (χ2n) is 5.32. The molecule has 0 aliphatic rings. The van der Waals surface area contributed by atoms with E-state index in [4.69, 9.17) is 19.9 Å². The average Bonchev–Trinajstić information content (AvgIpc) is 2.62. The number of benzene rings is 2. The summed E-state index contributed by atoms with van der Waals surface area (Å²) in [7, 11) is 1.63. The molecule has 6 nitrogen and oxygen atoms in total. The van der Waals surface area contributed by atoms with Crippen molar-refractivity contribution in [2.75, 3.05) is 25.6 Å². The van der Waals surface area contributed by atoms with E-state index in [-0.39, 0.29) is 24.0 Å². The molecule has 2 aromatic rings. The lowest BCUT2D eigenvalue weighted by Crippen LogP contribution is -2.23. The van der Waals surface area contributed by atoms with Gasteiger partial charge in [0.1, 0.15) is 17.2 Å². The number of ether oxygens (including phenoxy) is 3. The first-order valence-electron chi connectivity index (χ1n) is 8.36. The number of hydrogen-bond donors (Lipinski definition) is 2. The molecule has 0 saturated heterocycles. The molecule has 0 aliphatic carbocycles. The van der Waals surface area contributed by atoms with Crippen LogP contribution in [0.15, 0.2) is 45.9 Å². The van der Waals surface area contributed by atoms with Crippen LogP contribution in [-0.4, -0.2) is 26.3 Å². The number of rotatable bonds is 8. The molecule has 0 bridgehead atoms. The Morgan fingerprint density at radius 2 is 1.78 bits per heavy atom. The van der Waals surface area contributed by atoms with Gasteiger partial charge in [-0.3, -0.25) is 0 Å². The van der Waals surface area contributed by atoms with Crippen LogP contribution in [0.25, 0.3) is 0 Å². The van der Waals surface area contributed by atoms with Crippen molar-refractivity contribution in [2.45, 2.75) is 20.4 Å². The van der Waals surface area contributed by atoms with Crippen molar-refractivity contribution in [2.24, 2.45) is 10.7 Å². The summed E-state index contributed by atoms with van der Waals surface area (Å²) in [5.41, 5.74) is 7.77. The highest BCUT2D eigenvalue weighted by Crippen LogP contribution is 2.29. The third-order valence-electron chi connectivity index (χ3n) is 3.47. The summed E-state index contributed by atoms with van der Waals surface area (Å²) in [5.74, 6) is 2.51. The summed E-state index contributed by atoms with van der Waals surface area (Å²) >= 11 is 3.47. The van der Waals surface area contributed by atoms with E-state index in [1.54, 1.807) is 7.11 Å². The minimum Gasteiger partial charge on any atom is -0.496 e. The molecule has 0 heterocycles. The third-order valence-corrected chi connectivity index (χ3v) is 4.09. The Balaban J connectivity index is 0.00000364. The summed E-state index contributed by atoms with van der Waals surface area (Å²) < 4.78 is 17.3. The molecule has 3 N–H and O–H groups in total. The normalized spacial score (nSPS) is 10.7. The van der Waals surface area contributed by atoms with Crippen molar-refractivity contribution in [3.05, 3.63) is 46.4 Å². The molecule has 0 spiro atoms. The van der Waals surface area contributed by atoms with Crippen LogP contribution < -0.4 is 25.3 Å². The molecule has 0 amide bonds. The van der Waals surface area contributed by atoms with Crippen molar-refractivity contribution in [1.82, 2.24) is 0 Å². The molecule has 0 radical (unpaired) electrons. The van der Waals surface area contributed by atoms with E-state index in [2.05, 4.69) is 26.2 Å². The monoisotopic (exact) mass is 549 g/mol. The van der Waals surface area contributed by atoms with E-state index in [9.17, 15) is 0 Å². The predicted molar refractivity (Wildman–Crippen MR) is 124 cm³/mol. The van der Waals surface area contributed by atoms with Gasteiger partial charge in [-0.1, -0.05) is 6.07 Å². The molecule has 2 aromatic carbocycles. The molecule has 0 unspecified atom stereocenters. The van der Waals surface area contributed by atoms with Gasteiger partial charge in [-0.05, 0) is 59.6 Å². The smallest absolute Gasteiger partial charge is 0.193 e. The zero-order chi connectivity index (χ0) is 18.9. The Morgan fingerprint density at radius 3 is 2.41 bits per heavy atom. The number of nitrogens with one attached hydrogen (secondary N) is 1. The van der Waals surface area contributed by atoms with Crippen molar-refractivity contribution < 1.29 is 14.2 Å². The second-order valence-corrected chi connectivity index (χ2v) is 6.17. The minimum atomic E-state index is 0. The Labute approximate surface area is 185 Å². The van der Waals surface area contributed by atoms with Gasteiger partial charge in [-0.2, -0.15) is 0 Å². The molecule has 2 rings (SSSR count).